The van der Waals surface area contributed by atoms with Gasteiger partial charge in [-0.05, 0) is 18.6 Å². The number of anilines is 1. The molecule has 0 aliphatic rings. The van der Waals surface area contributed by atoms with E-state index in [-0.39, 0.29) is 12.5 Å². The van der Waals surface area contributed by atoms with Crippen molar-refractivity contribution in [2.24, 2.45) is 4.36 Å². The Kier molecular flexibility index (Phi) is 4.06. The number of aryl methyl sites for hydroxylation is 1. The van der Waals surface area contributed by atoms with Crippen LogP contribution >= 0.6 is 0 Å². The summed E-state index contributed by atoms with van der Waals surface area (Å²) in [5, 5.41) is 2.72. The largest absolute Gasteiger partial charge is 0.324 e. The van der Waals surface area contributed by atoms with Gasteiger partial charge in [0.25, 0.3) is 0 Å². The quantitative estimate of drug-likeness (QED) is 0.873. The van der Waals surface area contributed by atoms with Gasteiger partial charge in [-0.15, -0.1) is 0 Å². The lowest BCUT2D eigenvalue weighted by atomic mass is 10.2. The molecule has 0 heterocycles. The third-order valence-electron chi connectivity index (χ3n) is 1.94. The van der Waals surface area contributed by atoms with E-state index in [2.05, 4.69) is 9.68 Å². The Morgan fingerprint density at radius 3 is 2.56 bits per heavy atom. The first-order chi connectivity index (χ1) is 7.38. The number of nitrogens with zero attached hydrogens (tertiary/aromatic N) is 1. The highest BCUT2D eigenvalue weighted by Gasteiger charge is 2.03. The molecule has 1 rings (SSSR count). The first-order valence-electron chi connectivity index (χ1n) is 4.87. The van der Waals surface area contributed by atoms with Crippen LogP contribution in [0.25, 0.3) is 0 Å². The van der Waals surface area contributed by atoms with Crippen LogP contribution in [-0.4, -0.2) is 29.2 Å². The Labute approximate surface area is 96.2 Å². The molecule has 1 amide bonds. The van der Waals surface area contributed by atoms with Crippen molar-refractivity contribution in [1.82, 2.24) is 0 Å². The first-order valence-corrected chi connectivity index (χ1v) is 7.20. The summed E-state index contributed by atoms with van der Waals surface area (Å²) in [6.07, 6.45) is 3.02. The molecular weight excluding hydrogens is 224 g/mol. The van der Waals surface area contributed by atoms with Gasteiger partial charge < -0.3 is 5.32 Å². The van der Waals surface area contributed by atoms with Crippen LogP contribution in [0.2, 0.25) is 0 Å². The van der Waals surface area contributed by atoms with Crippen LogP contribution < -0.4 is 5.32 Å². The summed E-state index contributed by atoms with van der Waals surface area (Å²) in [5.74, 6) is -0.245. The molecular formula is C11H16N2O2S. The van der Waals surface area contributed by atoms with Crippen molar-refractivity contribution in [3.8, 4) is 0 Å². The first kappa shape index (κ1) is 12.7. The molecule has 88 valence electrons. The second-order valence-electron chi connectivity index (χ2n) is 3.83. The van der Waals surface area contributed by atoms with Crippen molar-refractivity contribution in [2.45, 2.75) is 6.92 Å². The molecule has 0 saturated heterocycles. The summed E-state index contributed by atoms with van der Waals surface area (Å²) in [4.78, 5) is 11.5. The molecule has 0 aromatic heterocycles. The smallest absolute Gasteiger partial charge is 0.246 e. The normalized spacial score (nSPS) is 10.9. The van der Waals surface area contributed by atoms with Gasteiger partial charge in [-0.25, -0.2) is 4.36 Å². The molecule has 0 saturated carbocycles. The number of benzene rings is 1. The van der Waals surface area contributed by atoms with E-state index in [1.165, 1.54) is 12.5 Å². The van der Waals surface area contributed by atoms with Crippen LogP contribution in [0, 0.1) is 6.92 Å². The number of carbonyl (C=O) groups excluding carboxylic acids is 1. The number of rotatable bonds is 3. The Morgan fingerprint density at radius 1 is 1.38 bits per heavy atom. The second kappa shape index (κ2) is 5.12. The van der Waals surface area contributed by atoms with E-state index in [1.54, 1.807) is 0 Å². The monoisotopic (exact) mass is 240 g/mol. The van der Waals surface area contributed by atoms with Gasteiger partial charge in [-0.3, -0.25) is 9.00 Å². The molecule has 0 bridgehead atoms. The maximum Gasteiger partial charge on any atom is 0.246 e. The van der Waals surface area contributed by atoms with Gasteiger partial charge in [-0.2, -0.15) is 0 Å². The van der Waals surface area contributed by atoms with Crippen molar-refractivity contribution in [2.75, 3.05) is 24.4 Å². The summed E-state index contributed by atoms with van der Waals surface area (Å²) in [7, 11) is -2.21. The van der Waals surface area contributed by atoms with Crippen molar-refractivity contribution in [3.63, 3.8) is 0 Å². The molecule has 1 aromatic carbocycles. The van der Waals surface area contributed by atoms with E-state index in [1.807, 2.05) is 31.2 Å². The van der Waals surface area contributed by atoms with Crippen LogP contribution in [0.15, 0.2) is 28.6 Å². The van der Waals surface area contributed by atoms with Gasteiger partial charge in [-0.1, -0.05) is 18.2 Å². The summed E-state index contributed by atoms with van der Waals surface area (Å²) in [6.45, 7) is 1.84. The second-order valence-corrected chi connectivity index (χ2v) is 6.45. The van der Waals surface area contributed by atoms with E-state index in [0.717, 1.165) is 11.3 Å². The molecule has 0 spiro atoms. The summed E-state index contributed by atoms with van der Waals surface area (Å²) in [6, 6.07) is 7.49. The van der Waals surface area contributed by atoms with Gasteiger partial charge in [0.1, 0.15) is 6.54 Å². The molecule has 0 aliphatic heterocycles. The van der Waals surface area contributed by atoms with Gasteiger partial charge in [0, 0.05) is 27.9 Å². The van der Waals surface area contributed by atoms with Gasteiger partial charge in [0.15, 0.2) is 0 Å². The minimum absolute atomic E-state index is 0.0693. The average Bonchev–Trinajstić information content (AvgIpc) is 2.18. The summed E-state index contributed by atoms with van der Waals surface area (Å²) in [5.41, 5.74) is 1.76. The fourth-order valence-corrected chi connectivity index (χ4v) is 1.55. The topological polar surface area (TPSA) is 58.5 Å². The number of para-hydroxylation sites is 1. The minimum Gasteiger partial charge on any atom is -0.324 e. The Balaban J connectivity index is 2.67. The molecule has 0 unspecified atom stereocenters. The molecule has 4 nitrogen and oxygen atoms in total. The molecule has 1 aromatic rings. The third-order valence-corrected chi connectivity index (χ3v) is 2.69. The van der Waals surface area contributed by atoms with Crippen molar-refractivity contribution < 1.29 is 9.00 Å². The summed E-state index contributed by atoms with van der Waals surface area (Å²) < 4.78 is 15.1. The third kappa shape index (κ3) is 4.44. The predicted octanol–water partition coefficient (Wildman–Crippen LogP) is 1.66. The lowest BCUT2D eigenvalue weighted by Gasteiger charge is -2.06. The molecule has 5 heteroatoms. The predicted molar refractivity (Wildman–Crippen MR) is 67.1 cm³/mol. The van der Waals surface area contributed by atoms with Crippen molar-refractivity contribution in [1.29, 1.82) is 0 Å². The van der Waals surface area contributed by atoms with Crippen LogP contribution in [0.5, 0.6) is 0 Å². The highest BCUT2D eigenvalue weighted by molar-refractivity contribution is 7.92. The number of hydrogen-bond donors (Lipinski definition) is 1. The van der Waals surface area contributed by atoms with Crippen molar-refractivity contribution >= 4 is 21.3 Å². The molecule has 16 heavy (non-hydrogen) atoms. The zero-order valence-electron chi connectivity index (χ0n) is 9.69. The number of hydrogen-bond acceptors (Lipinski definition) is 3. The van der Waals surface area contributed by atoms with Crippen molar-refractivity contribution in [3.05, 3.63) is 29.8 Å². The number of carbonyl (C=O) groups is 1. The average molecular weight is 240 g/mol. The standard InChI is InChI=1S/C11H16N2O2S/c1-9-6-4-5-7-10(9)13-11(14)8-12-16(2,3)15/h4-7H,8H2,1-3H3,(H,13,14). The summed E-state index contributed by atoms with van der Waals surface area (Å²) >= 11 is 0. The zero-order valence-corrected chi connectivity index (χ0v) is 10.5. The fraction of sp³-hybridized carbons (Fsp3) is 0.364. The van der Waals surface area contributed by atoms with Crippen LogP contribution in [-0.2, 0) is 14.5 Å². The van der Waals surface area contributed by atoms with E-state index in [9.17, 15) is 9.00 Å². The number of amides is 1. The molecule has 0 fully saturated rings. The van der Waals surface area contributed by atoms with Crippen LogP contribution in [0.4, 0.5) is 5.69 Å². The zero-order chi connectivity index (χ0) is 12.2. The van der Waals surface area contributed by atoms with Gasteiger partial charge in [0.05, 0.1) is 0 Å². The van der Waals surface area contributed by atoms with E-state index in [0.29, 0.717) is 0 Å². The molecule has 0 radical (unpaired) electrons. The van der Waals surface area contributed by atoms with E-state index >= 15 is 0 Å². The molecule has 1 N–H and O–H groups in total. The highest BCUT2D eigenvalue weighted by atomic mass is 32.2. The Hall–Kier alpha value is -1.36. The van der Waals surface area contributed by atoms with E-state index < -0.39 is 9.73 Å². The lowest BCUT2D eigenvalue weighted by Crippen LogP contribution is -2.16. The fourth-order valence-electron chi connectivity index (χ4n) is 1.12. The van der Waals surface area contributed by atoms with Gasteiger partial charge >= 0.3 is 0 Å². The Bertz CT molecular complexity index is 494. The van der Waals surface area contributed by atoms with Crippen LogP contribution in [0.3, 0.4) is 0 Å². The Morgan fingerprint density at radius 2 is 2.00 bits per heavy atom. The molecule has 0 atom stereocenters. The lowest BCUT2D eigenvalue weighted by molar-refractivity contribution is -0.114. The van der Waals surface area contributed by atoms with E-state index in [4.69, 9.17) is 0 Å². The van der Waals surface area contributed by atoms with Crippen LogP contribution in [0.1, 0.15) is 5.56 Å². The maximum atomic E-state index is 11.5. The van der Waals surface area contributed by atoms with Gasteiger partial charge in [0.2, 0.25) is 5.91 Å². The molecule has 0 aliphatic carbocycles. The SMILES string of the molecule is Cc1ccccc1NC(=O)CN=S(C)(C)=O. The minimum atomic E-state index is -2.21. The maximum absolute atomic E-state index is 11.5. The number of nitrogens with one attached hydrogen (secondary N) is 1. The highest BCUT2D eigenvalue weighted by Crippen LogP contribution is 2.12.